The fourth-order valence-corrected chi connectivity index (χ4v) is 5.43. The fraction of sp³-hybridized carbons (Fsp3) is 0.406. The van der Waals surface area contributed by atoms with Crippen molar-refractivity contribution in [3.63, 3.8) is 0 Å². The quantitative estimate of drug-likeness (QED) is 0.249. The van der Waals surface area contributed by atoms with Crippen LogP contribution in [0, 0.1) is 0 Å². The second-order valence-electron chi connectivity index (χ2n) is 9.87. The molecule has 3 aromatic carbocycles. The minimum atomic E-state index is -0.194. The molecule has 0 saturated carbocycles. The molecule has 5 heteroatoms. The van der Waals surface area contributed by atoms with Gasteiger partial charge in [0, 0.05) is 18.1 Å². The molecule has 1 aliphatic carbocycles. The van der Waals surface area contributed by atoms with E-state index in [2.05, 4.69) is 54.6 Å². The first-order chi connectivity index (χ1) is 18.1. The maximum Gasteiger partial charge on any atom is 0.306 e. The van der Waals surface area contributed by atoms with Gasteiger partial charge in [-0.15, -0.1) is 0 Å². The Labute approximate surface area is 219 Å². The van der Waals surface area contributed by atoms with E-state index < -0.39 is 0 Å². The van der Waals surface area contributed by atoms with Crippen LogP contribution in [0.2, 0.25) is 0 Å². The van der Waals surface area contributed by atoms with E-state index >= 15 is 0 Å². The van der Waals surface area contributed by atoms with Crippen LogP contribution in [0.4, 0.5) is 0 Å². The van der Waals surface area contributed by atoms with Gasteiger partial charge in [-0.3, -0.25) is 4.79 Å². The molecule has 0 spiro atoms. The van der Waals surface area contributed by atoms with E-state index in [-0.39, 0.29) is 11.9 Å². The van der Waals surface area contributed by atoms with Gasteiger partial charge >= 0.3 is 5.97 Å². The average molecular weight is 501 g/mol. The van der Waals surface area contributed by atoms with E-state index in [1.54, 1.807) is 0 Å². The number of aryl methyl sites for hydroxylation is 4. The molecule has 37 heavy (non-hydrogen) atoms. The molecule has 0 radical (unpaired) electrons. The zero-order valence-electron chi connectivity index (χ0n) is 21.9. The van der Waals surface area contributed by atoms with Crippen LogP contribution in [0.1, 0.15) is 53.5 Å². The zero-order valence-corrected chi connectivity index (χ0v) is 21.9. The van der Waals surface area contributed by atoms with Gasteiger partial charge in [-0.25, -0.2) is 0 Å². The molecular weight excluding hydrogens is 464 g/mol. The molecule has 0 bridgehead atoms. The number of carbonyl (C=O) groups excluding carboxylic acids is 1. The highest BCUT2D eigenvalue weighted by molar-refractivity contribution is 5.73. The number of hydrogen-bond donors (Lipinski definition) is 0. The lowest BCUT2D eigenvalue weighted by Crippen LogP contribution is -2.09. The Bertz CT molecular complexity index is 1250. The molecular formula is C32H36O5. The maximum atomic E-state index is 11.7. The maximum absolute atomic E-state index is 11.7. The summed E-state index contributed by atoms with van der Waals surface area (Å²) < 4.78 is 22.0. The van der Waals surface area contributed by atoms with Gasteiger partial charge in [0.1, 0.15) is 18.1 Å². The summed E-state index contributed by atoms with van der Waals surface area (Å²) in [5.74, 6) is 1.71. The lowest BCUT2D eigenvalue weighted by Gasteiger charge is -2.14. The summed E-state index contributed by atoms with van der Waals surface area (Å²) >= 11 is 0. The molecule has 1 heterocycles. The van der Waals surface area contributed by atoms with Gasteiger partial charge in [-0.1, -0.05) is 36.4 Å². The minimum absolute atomic E-state index is 0.0803. The normalized spacial score (nSPS) is 15.7. The Balaban J connectivity index is 1.28. The number of ether oxygens (including phenoxy) is 4. The molecule has 0 aromatic heterocycles. The number of benzene rings is 3. The molecule has 3 aromatic rings. The first-order valence-electron chi connectivity index (χ1n) is 13.4. The Kier molecular flexibility index (Phi) is 8.10. The van der Waals surface area contributed by atoms with Gasteiger partial charge in [0.2, 0.25) is 0 Å². The van der Waals surface area contributed by atoms with Crippen LogP contribution in [0.5, 0.6) is 11.5 Å². The van der Waals surface area contributed by atoms with Crippen LogP contribution in [0.25, 0.3) is 11.1 Å². The summed E-state index contributed by atoms with van der Waals surface area (Å²) in [7, 11) is 1.43. The number of rotatable bonds is 10. The highest BCUT2D eigenvalue weighted by Crippen LogP contribution is 2.38. The Morgan fingerprint density at radius 1 is 0.919 bits per heavy atom. The molecule has 1 atom stereocenters. The number of esters is 1. The number of fused-ring (bicyclic) bond motifs is 4. The van der Waals surface area contributed by atoms with Crippen LogP contribution in [0.15, 0.2) is 54.6 Å². The van der Waals surface area contributed by atoms with E-state index in [0.717, 1.165) is 49.2 Å². The molecule has 2 aliphatic rings. The summed E-state index contributed by atoms with van der Waals surface area (Å²) in [5.41, 5.74) is 9.17. The molecule has 0 N–H and O–H groups in total. The lowest BCUT2D eigenvalue weighted by molar-refractivity contribution is -0.141. The third-order valence-corrected chi connectivity index (χ3v) is 7.43. The van der Waals surface area contributed by atoms with Gasteiger partial charge in [0.05, 0.1) is 26.7 Å². The van der Waals surface area contributed by atoms with Gasteiger partial charge in [-0.2, -0.15) is 0 Å². The zero-order chi connectivity index (χ0) is 25.6. The molecule has 0 amide bonds. The SMILES string of the molecule is CCOCCOc1ccc2c(c1)CCCc1ccc(CCc3ccc4c(c3)OC[C@H]4CC(=O)OC)cc1-2. The molecule has 0 saturated heterocycles. The summed E-state index contributed by atoms with van der Waals surface area (Å²) in [6, 6.07) is 19.9. The first kappa shape index (κ1) is 25.3. The van der Waals surface area contributed by atoms with E-state index in [9.17, 15) is 4.79 Å². The van der Waals surface area contributed by atoms with Crippen molar-refractivity contribution < 1.29 is 23.7 Å². The van der Waals surface area contributed by atoms with Crippen LogP contribution < -0.4 is 9.47 Å². The van der Waals surface area contributed by atoms with Crippen molar-refractivity contribution >= 4 is 5.97 Å². The third-order valence-electron chi connectivity index (χ3n) is 7.43. The minimum Gasteiger partial charge on any atom is -0.493 e. The Morgan fingerprint density at radius 2 is 1.73 bits per heavy atom. The Morgan fingerprint density at radius 3 is 2.57 bits per heavy atom. The van der Waals surface area contributed by atoms with Crippen LogP contribution >= 0.6 is 0 Å². The lowest BCUT2D eigenvalue weighted by atomic mass is 9.92. The predicted octanol–water partition coefficient (Wildman–Crippen LogP) is 6.08. The van der Waals surface area contributed by atoms with E-state index in [0.29, 0.717) is 32.8 Å². The van der Waals surface area contributed by atoms with Gasteiger partial charge < -0.3 is 18.9 Å². The van der Waals surface area contributed by atoms with Gasteiger partial charge in [0.15, 0.2) is 0 Å². The topological polar surface area (TPSA) is 54.0 Å². The summed E-state index contributed by atoms with van der Waals surface area (Å²) in [4.78, 5) is 11.7. The first-order valence-corrected chi connectivity index (χ1v) is 13.4. The molecule has 0 fully saturated rings. The van der Waals surface area contributed by atoms with Gasteiger partial charge in [0.25, 0.3) is 0 Å². The second kappa shape index (κ2) is 11.8. The highest BCUT2D eigenvalue weighted by atomic mass is 16.5. The summed E-state index contributed by atoms with van der Waals surface area (Å²) in [6.45, 7) is 4.44. The van der Waals surface area contributed by atoms with Gasteiger partial charge in [-0.05, 0) is 90.6 Å². The smallest absolute Gasteiger partial charge is 0.306 e. The third kappa shape index (κ3) is 5.99. The van der Waals surface area contributed by atoms with E-state index in [4.69, 9.17) is 18.9 Å². The monoisotopic (exact) mass is 500 g/mol. The van der Waals surface area contributed by atoms with Crippen molar-refractivity contribution in [2.75, 3.05) is 33.5 Å². The number of hydrogen-bond acceptors (Lipinski definition) is 5. The second-order valence-corrected chi connectivity index (χ2v) is 9.87. The van der Waals surface area contributed by atoms with E-state index in [1.807, 2.05) is 6.92 Å². The van der Waals surface area contributed by atoms with Crippen molar-refractivity contribution in [3.05, 3.63) is 82.4 Å². The molecule has 5 rings (SSSR count). The van der Waals surface area contributed by atoms with Crippen molar-refractivity contribution in [3.8, 4) is 22.6 Å². The largest absolute Gasteiger partial charge is 0.493 e. The number of methoxy groups -OCH3 is 1. The highest BCUT2D eigenvalue weighted by Gasteiger charge is 2.27. The Hall–Kier alpha value is -3.31. The molecule has 5 nitrogen and oxygen atoms in total. The fourth-order valence-electron chi connectivity index (χ4n) is 5.43. The van der Waals surface area contributed by atoms with Crippen molar-refractivity contribution in [2.24, 2.45) is 0 Å². The van der Waals surface area contributed by atoms with Crippen LogP contribution in [-0.4, -0.2) is 39.5 Å². The van der Waals surface area contributed by atoms with Crippen molar-refractivity contribution in [2.45, 2.75) is 51.4 Å². The van der Waals surface area contributed by atoms with Crippen molar-refractivity contribution in [1.82, 2.24) is 0 Å². The summed E-state index contributed by atoms with van der Waals surface area (Å²) in [5, 5.41) is 0. The number of carbonyl (C=O) groups is 1. The van der Waals surface area contributed by atoms with Crippen molar-refractivity contribution in [1.29, 1.82) is 0 Å². The predicted molar refractivity (Wildman–Crippen MR) is 145 cm³/mol. The van der Waals surface area contributed by atoms with Crippen LogP contribution in [0.3, 0.4) is 0 Å². The van der Waals surface area contributed by atoms with E-state index in [1.165, 1.54) is 40.5 Å². The summed E-state index contributed by atoms with van der Waals surface area (Å²) in [6.07, 6.45) is 5.57. The molecule has 194 valence electrons. The molecule has 0 unspecified atom stereocenters. The standard InChI is InChI=1S/C32H36O5/c1-3-35-15-16-36-27-12-14-28-25(19-27)6-4-5-24-11-9-22(17-30(24)28)7-8-23-10-13-29-26(20-32(33)34-2)21-37-31(29)18-23/h9-14,17-19,26H,3-8,15-16,20-21H2,1-2H3/t26-/m1/s1. The average Bonchev–Trinajstić information content (AvgIpc) is 3.22. The molecule has 1 aliphatic heterocycles. The van der Waals surface area contributed by atoms with Crippen LogP contribution in [-0.2, 0) is 40.0 Å².